The van der Waals surface area contributed by atoms with Crippen LogP contribution in [-0.4, -0.2) is 63.5 Å². The van der Waals surface area contributed by atoms with Gasteiger partial charge in [-0.3, -0.25) is 4.90 Å². The lowest BCUT2D eigenvalue weighted by atomic mass is 10.2. The molecule has 0 saturated carbocycles. The lowest BCUT2D eigenvalue weighted by Crippen LogP contribution is -2.41. The fraction of sp³-hybridized carbons (Fsp3) is 1.00. The van der Waals surface area contributed by atoms with Crippen LogP contribution in [0.15, 0.2) is 0 Å². The molecule has 0 aliphatic heterocycles. The molecule has 4 nitrogen and oxygen atoms in total. The van der Waals surface area contributed by atoms with Gasteiger partial charge in [-0.15, -0.1) is 0 Å². The Labute approximate surface area is 113 Å². The Balaban J connectivity index is 3.33. The summed E-state index contributed by atoms with van der Waals surface area (Å²) in [5, 5.41) is 3.42. The van der Waals surface area contributed by atoms with Crippen molar-refractivity contribution in [2.75, 3.05) is 46.6 Å². The van der Waals surface area contributed by atoms with Crippen LogP contribution in [0.1, 0.15) is 34.1 Å². The smallest absolute Gasteiger partial charge is 0.0590 e. The molecule has 0 aliphatic carbocycles. The predicted molar refractivity (Wildman–Crippen MR) is 77.2 cm³/mol. The van der Waals surface area contributed by atoms with Gasteiger partial charge in [-0.1, -0.05) is 0 Å². The molecule has 4 heteroatoms. The molecule has 0 spiro atoms. The highest BCUT2D eigenvalue weighted by Crippen LogP contribution is 2.02. The van der Waals surface area contributed by atoms with Crippen LogP contribution in [0.25, 0.3) is 0 Å². The van der Waals surface area contributed by atoms with Gasteiger partial charge in [0, 0.05) is 52.0 Å². The number of methoxy groups -OCH3 is 1. The summed E-state index contributed by atoms with van der Waals surface area (Å²) in [5.74, 6) is 0. The van der Waals surface area contributed by atoms with Crippen LogP contribution in [0.4, 0.5) is 0 Å². The highest BCUT2D eigenvalue weighted by molar-refractivity contribution is 4.68. The standard InChI is InChI=1S/C14H32N2O2/c1-13(2)16(14(3)4)9-7-15-8-12-18-11-6-10-17-5/h13-15H,6-12H2,1-5H3. The third kappa shape index (κ3) is 9.83. The molecule has 0 aromatic heterocycles. The maximum absolute atomic E-state index is 5.48. The molecule has 0 heterocycles. The van der Waals surface area contributed by atoms with E-state index in [-0.39, 0.29) is 0 Å². The Bertz CT molecular complexity index is 167. The molecular formula is C14H32N2O2. The molecule has 0 radical (unpaired) electrons. The molecule has 0 aliphatic rings. The number of hydrogen-bond donors (Lipinski definition) is 1. The Morgan fingerprint density at radius 3 is 2.17 bits per heavy atom. The zero-order valence-corrected chi connectivity index (χ0v) is 12.9. The minimum atomic E-state index is 0.608. The summed E-state index contributed by atoms with van der Waals surface area (Å²) < 4.78 is 10.4. The zero-order chi connectivity index (χ0) is 13.8. The van der Waals surface area contributed by atoms with E-state index in [1.54, 1.807) is 7.11 Å². The van der Waals surface area contributed by atoms with E-state index in [9.17, 15) is 0 Å². The van der Waals surface area contributed by atoms with Crippen molar-refractivity contribution in [1.82, 2.24) is 10.2 Å². The van der Waals surface area contributed by atoms with Crippen LogP contribution in [0, 0.1) is 0 Å². The van der Waals surface area contributed by atoms with E-state index in [0.717, 1.165) is 45.9 Å². The number of nitrogens with one attached hydrogen (secondary N) is 1. The second kappa shape index (κ2) is 11.9. The number of rotatable bonds is 12. The third-order valence-electron chi connectivity index (χ3n) is 2.93. The monoisotopic (exact) mass is 260 g/mol. The van der Waals surface area contributed by atoms with Gasteiger partial charge >= 0.3 is 0 Å². The van der Waals surface area contributed by atoms with Gasteiger partial charge in [0.2, 0.25) is 0 Å². The first-order chi connectivity index (χ1) is 8.59. The van der Waals surface area contributed by atoms with Crippen molar-refractivity contribution >= 4 is 0 Å². The van der Waals surface area contributed by atoms with Crippen LogP contribution in [0.3, 0.4) is 0 Å². The molecule has 0 bridgehead atoms. The fourth-order valence-corrected chi connectivity index (χ4v) is 2.00. The van der Waals surface area contributed by atoms with E-state index in [1.807, 2.05) is 0 Å². The van der Waals surface area contributed by atoms with Gasteiger partial charge in [0.05, 0.1) is 6.61 Å². The average Bonchev–Trinajstić information content (AvgIpc) is 2.30. The van der Waals surface area contributed by atoms with Gasteiger partial charge in [-0.05, 0) is 34.1 Å². The summed E-state index contributed by atoms with van der Waals surface area (Å²) in [6, 6.07) is 1.22. The minimum absolute atomic E-state index is 0.608. The normalized spacial score (nSPS) is 12.0. The van der Waals surface area contributed by atoms with Crippen molar-refractivity contribution in [2.24, 2.45) is 0 Å². The molecule has 0 amide bonds. The van der Waals surface area contributed by atoms with Gasteiger partial charge in [0.25, 0.3) is 0 Å². The SMILES string of the molecule is COCCCOCCNCCN(C(C)C)C(C)C. The van der Waals surface area contributed by atoms with Crippen LogP contribution in [-0.2, 0) is 9.47 Å². The predicted octanol–water partition coefficient (Wildman–Crippen LogP) is 1.75. The van der Waals surface area contributed by atoms with Crippen molar-refractivity contribution in [3.63, 3.8) is 0 Å². The number of nitrogens with zero attached hydrogens (tertiary/aromatic N) is 1. The summed E-state index contributed by atoms with van der Waals surface area (Å²) in [6.07, 6.45) is 0.977. The second-order valence-corrected chi connectivity index (χ2v) is 5.13. The molecule has 0 rings (SSSR count). The lowest BCUT2D eigenvalue weighted by Gasteiger charge is -2.30. The largest absolute Gasteiger partial charge is 0.385 e. The molecule has 0 saturated heterocycles. The average molecular weight is 260 g/mol. The highest BCUT2D eigenvalue weighted by atomic mass is 16.5. The van der Waals surface area contributed by atoms with Crippen LogP contribution < -0.4 is 5.32 Å². The van der Waals surface area contributed by atoms with E-state index < -0.39 is 0 Å². The minimum Gasteiger partial charge on any atom is -0.385 e. The maximum Gasteiger partial charge on any atom is 0.0590 e. The molecule has 18 heavy (non-hydrogen) atoms. The van der Waals surface area contributed by atoms with E-state index in [2.05, 4.69) is 37.9 Å². The summed E-state index contributed by atoms with van der Waals surface area (Å²) >= 11 is 0. The van der Waals surface area contributed by atoms with E-state index in [4.69, 9.17) is 9.47 Å². The summed E-state index contributed by atoms with van der Waals surface area (Å²) in [7, 11) is 1.72. The van der Waals surface area contributed by atoms with Crippen molar-refractivity contribution in [3.05, 3.63) is 0 Å². The molecule has 0 atom stereocenters. The third-order valence-corrected chi connectivity index (χ3v) is 2.93. The Morgan fingerprint density at radius 2 is 1.61 bits per heavy atom. The number of ether oxygens (including phenoxy) is 2. The molecule has 1 N–H and O–H groups in total. The van der Waals surface area contributed by atoms with Crippen molar-refractivity contribution < 1.29 is 9.47 Å². The zero-order valence-electron chi connectivity index (χ0n) is 12.9. The number of hydrogen-bond acceptors (Lipinski definition) is 4. The second-order valence-electron chi connectivity index (χ2n) is 5.13. The Morgan fingerprint density at radius 1 is 0.944 bits per heavy atom. The first-order valence-electron chi connectivity index (χ1n) is 7.12. The van der Waals surface area contributed by atoms with E-state index in [0.29, 0.717) is 12.1 Å². The quantitative estimate of drug-likeness (QED) is 0.542. The lowest BCUT2D eigenvalue weighted by molar-refractivity contribution is 0.103. The van der Waals surface area contributed by atoms with Gasteiger partial charge < -0.3 is 14.8 Å². The van der Waals surface area contributed by atoms with E-state index >= 15 is 0 Å². The van der Waals surface area contributed by atoms with Gasteiger partial charge in [0.15, 0.2) is 0 Å². The van der Waals surface area contributed by atoms with E-state index in [1.165, 1.54) is 0 Å². The summed E-state index contributed by atoms with van der Waals surface area (Å²) in [6.45, 7) is 14.4. The van der Waals surface area contributed by atoms with Crippen LogP contribution in [0.5, 0.6) is 0 Å². The first-order valence-corrected chi connectivity index (χ1v) is 7.12. The fourth-order valence-electron chi connectivity index (χ4n) is 2.00. The molecule has 0 aromatic carbocycles. The summed E-state index contributed by atoms with van der Waals surface area (Å²) in [5.41, 5.74) is 0. The molecular weight excluding hydrogens is 228 g/mol. The van der Waals surface area contributed by atoms with Crippen molar-refractivity contribution in [1.29, 1.82) is 0 Å². The van der Waals surface area contributed by atoms with Crippen LogP contribution in [0.2, 0.25) is 0 Å². The molecule has 0 aromatic rings. The first kappa shape index (κ1) is 17.8. The van der Waals surface area contributed by atoms with Crippen molar-refractivity contribution in [2.45, 2.75) is 46.2 Å². The van der Waals surface area contributed by atoms with Gasteiger partial charge in [0.1, 0.15) is 0 Å². The topological polar surface area (TPSA) is 33.7 Å². The maximum atomic E-state index is 5.48. The Kier molecular flexibility index (Phi) is 11.8. The van der Waals surface area contributed by atoms with Crippen molar-refractivity contribution in [3.8, 4) is 0 Å². The van der Waals surface area contributed by atoms with Gasteiger partial charge in [-0.2, -0.15) is 0 Å². The van der Waals surface area contributed by atoms with Crippen LogP contribution >= 0.6 is 0 Å². The Hall–Kier alpha value is -0.160. The molecule has 110 valence electrons. The van der Waals surface area contributed by atoms with Gasteiger partial charge in [-0.25, -0.2) is 0 Å². The molecule has 0 unspecified atom stereocenters. The highest BCUT2D eigenvalue weighted by Gasteiger charge is 2.11. The summed E-state index contributed by atoms with van der Waals surface area (Å²) in [4.78, 5) is 2.49. The molecule has 0 fully saturated rings.